The quantitative estimate of drug-likeness (QED) is 0.728. The van der Waals surface area contributed by atoms with Gasteiger partial charge in [-0.2, -0.15) is 5.26 Å². The number of rotatable bonds is 6. The van der Waals surface area contributed by atoms with Crippen LogP contribution in [0.25, 0.3) is 0 Å². The summed E-state index contributed by atoms with van der Waals surface area (Å²) in [6, 6.07) is 2.03. The maximum Gasteiger partial charge on any atom is 0.317 e. The minimum atomic E-state index is -0.832. The molecule has 0 aliphatic heterocycles. The summed E-state index contributed by atoms with van der Waals surface area (Å²) >= 11 is 0. The predicted molar refractivity (Wildman–Crippen MR) is 58.4 cm³/mol. The number of aliphatic carboxylic acids is 1. The molecule has 0 rings (SSSR count). The Morgan fingerprint density at radius 2 is 2.00 bits per heavy atom. The Kier molecular flexibility index (Phi) is 5.95. The second-order valence-corrected chi connectivity index (χ2v) is 4.89. The average Bonchev–Trinajstić information content (AvgIpc) is 2.07. The molecular weight excluding hydrogens is 192 g/mol. The third kappa shape index (κ3) is 9.23. The molecule has 0 amide bonds. The third-order valence-corrected chi connectivity index (χ3v) is 2.08. The summed E-state index contributed by atoms with van der Waals surface area (Å²) in [5.74, 6) is -0.832. The highest BCUT2D eigenvalue weighted by atomic mass is 16.4. The smallest absolute Gasteiger partial charge is 0.317 e. The molecule has 86 valence electrons. The molecule has 15 heavy (non-hydrogen) atoms. The maximum atomic E-state index is 10.6. The molecule has 0 bridgehead atoms. The monoisotopic (exact) mass is 212 g/mol. The summed E-state index contributed by atoms with van der Waals surface area (Å²) in [4.78, 5) is 12.4. The zero-order chi connectivity index (χ0) is 11.9. The molecule has 1 N–H and O–H groups in total. The average molecular weight is 212 g/mol. The highest BCUT2D eigenvalue weighted by Crippen LogP contribution is 2.18. The van der Waals surface area contributed by atoms with Crippen LogP contribution in [0.1, 0.15) is 33.6 Å². The first-order valence-corrected chi connectivity index (χ1v) is 5.16. The van der Waals surface area contributed by atoms with Gasteiger partial charge in [-0.05, 0) is 18.4 Å². The van der Waals surface area contributed by atoms with E-state index in [1.807, 2.05) is 11.0 Å². The Morgan fingerprint density at radius 3 is 2.40 bits per heavy atom. The van der Waals surface area contributed by atoms with Gasteiger partial charge in [0.15, 0.2) is 0 Å². The molecule has 0 saturated carbocycles. The zero-order valence-electron chi connectivity index (χ0n) is 9.79. The number of nitriles is 1. The fourth-order valence-electron chi connectivity index (χ4n) is 1.16. The lowest BCUT2D eigenvalue weighted by Gasteiger charge is -2.24. The first-order valence-electron chi connectivity index (χ1n) is 5.16. The van der Waals surface area contributed by atoms with Crippen molar-refractivity contribution >= 4 is 5.97 Å². The molecule has 0 aromatic carbocycles. The van der Waals surface area contributed by atoms with Gasteiger partial charge in [0.25, 0.3) is 0 Å². The van der Waals surface area contributed by atoms with Gasteiger partial charge >= 0.3 is 5.97 Å². The van der Waals surface area contributed by atoms with Crippen LogP contribution in [0.3, 0.4) is 0 Å². The van der Waals surface area contributed by atoms with E-state index in [-0.39, 0.29) is 12.0 Å². The Bertz CT molecular complexity index is 238. The lowest BCUT2D eigenvalue weighted by Crippen LogP contribution is -2.33. The van der Waals surface area contributed by atoms with Crippen molar-refractivity contribution in [3.63, 3.8) is 0 Å². The molecule has 0 aliphatic rings. The van der Waals surface area contributed by atoms with Crippen LogP contribution in [0.4, 0.5) is 0 Å². The van der Waals surface area contributed by atoms with Crippen LogP contribution in [0.15, 0.2) is 0 Å². The second-order valence-electron chi connectivity index (χ2n) is 4.89. The van der Waals surface area contributed by atoms with Gasteiger partial charge in [-0.15, -0.1) is 0 Å². The highest BCUT2D eigenvalue weighted by Gasteiger charge is 2.14. The fourth-order valence-corrected chi connectivity index (χ4v) is 1.16. The standard InChI is InChI=1S/C11H20N2O2/c1-11(2,3)5-8-13(7-4-6-12)9-10(14)15/h4-5,7-9H2,1-3H3,(H,14,15). The van der Waals surface area contributed by atoms with E-state index in [1.165, 1.54) is 0 Å². The molecule has 0 aromatic rings. The van der Waals surface area contributed by atoms with Crippen molar-refractivity contribution in [1.82, 2.24) is 4.90 Å². The number of carboxylic acid groups (broad SMARTS) is 1. The maximum absolute atomic E-state index is 10.6. The van der Waals surface area contributed by atoms with E-state index in [1.54, 1.807) is 0 Å². The SMILES string of the molecule is CC(C)(C)CCN(CCC#N)CC(=O)O. The third-order valence-electron chi connectivity index (χ3n) is 2.08. The van der Waals surface area contributed by atoms with Crippen LogP contribution >= 0.6 is 0 Å². The first kappa shape index (κ1) is 13.9. The topological polar surface area (TPSA) is 64.3 Å². The van der Waals surface area contributed by atoms with E-state index in [2.05, 4.69) is 20.8 Å². The highest BCUT2D eigenvalue weighted by molar-refractivity contribution is 5.69. The van der Waals surface area contributed by atoms with E-state index in [9.17, 15) is 4.79 Å². The van der Waals surface area contributed by atoms with Crippen molar-refractivity contribution in [3.05, 3.63) is 0 Å². The first-order chi connectivity index (χ1) is 6.85. The largest absolute Gasteiger partial charge is 0.480 e. The molecule has 0 unspecified atom stereocenters. The van der Waals surface area contributed by atoms with Crippen molar-refractivity contribution in [1.29, 1.82) is 5.26 Å². The van der Waals surface area contributed by atoms with Crippen molar-refractivity contribution in [3.8, 4) is 6.07 Å². The van der Waals surface area contributed by atoms with Gasteiger partial charge in [-0.3, -0.25) is 9.69 Å². The summed E-state index contributed by atoms with van der Waals surface area (Å²) in [7, 11) is 0. The van der Waals surface area contributed by atoms with Crippen LogP contribution in [-0.2, 0) is 4.79 Å². The van der Waals surface area contributed by atoms with Gasteiger partial charge in [-0.25, -0.2) is 0 Å². The zero-order valence-corrected chi connectivity index (χ0v) is 9.79. The van der Waals surface area contributed by atoms with Crippen molar-refractivity contribution < 1.29 is 9.90 Å². The Balaban J connectivity index is 4.01. The van der Waals surface area contributed by atoms with E-state index in [0.29, 0.717) is 13.0 Å². The minimum absolute atomic E-state index is 0.0256. The summed E-state index contributed by atoms with van der Waals surface area (Å²) < 4.78 is 0. The second kappa shape index (κ2) is 6.41. The number of carboxylic acids is 1. The lowest BCUT2D eigenvalue weighted by atomic mass is 9.92. The van der Waals surface area contributed by atoms with E-state index in [0.717, 1.165) is 13.0 Å². The summed E-state index contributed by atoms with van der Waals surface area (Å²) in [6.07, 6.45) is 1.32. The summed E-state index contributed by atoms with van der Waals surface area (Å²) in [5, 5.41) is 17.1. The van der Waals surface area contributed by atoms with Gasteiger partial charge in [0.05, 0.1) is 12.6 Å². The number of hydrogen-bond donors (Lipinski definition) is 1. The normalized spacial score (nSPS) is 11.4. The van der Waals surface area contributed by atoms with Crippen LogP contribution in [0.5, 0.6) is 0 Å². The number of hydrogen-bond acceptors (Lipinski definition) is 3. The van der Waals surface area contributed by atoms with Gasteiger partial charge < -0.3 is 5.11 Å². The van der Waals surface area contributed by atoms with Crippen molar-refractivity contribution in [2.45, 2.75) is 33.6 Å². The Hall–Kier alpha value is -1.08. The number of nitrogens with zero attached hydrogens (tertiary/aromatic N) is 2. The molecule has 0 atom stereocenters. The van der Waals surface area contributed by atoms with Crippen LogP contribution in [0, 0.1) is 16.7 Å². The van der Waals surface area contributed by atoms with Gasteiger partial charge in [0.1, 0.15) is 0 Å². The van der Waals surface area contributed by atoms with Crippen molar-refractivity contribution in [2.75, 3.05) is 19.6 Å². The fraction of sp³-hybridized carbons (Fsp3) is 0.818. The molecular formula is C11H20N2O2. The molecule has 0 radical (unpaired) electrons. The van der Waals surface area contributed by atoms with Gasteiger partial charge in [0, 0.05) is 13.0 Å². The summed E-state index contributed by atoms with van der Waals surface area (Å²) in [6.45, 7) is 7.66. The van der Waals surface area contributed by atoms with E-state index >= 15 is 0 Å². The van der Waals surface area contributed by atoms with Crippen LogP contribution in [0.2, 0.25) is 0 Å². The van der Waals surface area contributed by atoms with Gasteiger partial charge in [0.2, 0.25) is 0 Å². The van der Waals surface area contributed by atoms with Crippen LogP contribution < -0.4 is 0 Å². The Morgan fingerprint density at radius 1 is 1.40 bits per heavy atom. The Labute approximate surface area is 91.5 Å². The molecule has 0 aliphatic carbocycles. The van der Waals surface area contributed by atoms with Gasteiger partial charge in [-0.1, -0.05) is 20.8 Å². The predicted octanol–water partition coefficient (Wildman–Crippen LogP) is 1.72. The molecule has 4 heteroatoms. The molecule has 0 aromatic heterocycles. The van der Waals surface area contributed by atoms with Crippen LogP contribution in [-0.4, -0.2) is 35.6 Å². The number of carbonyl (C=O) groups is 1. The van der Waals surface area contributed by atoms with E-state index in [4.69, 9.17) is 10.4 Å². The van der Waals surface area contributed by atoms with E-state index < -0.39 is 5.97 Å². The lowest BCUT2D eigenvalue weighted by molar-refractivity contribution is -0.138. The molecule has 0 heterocycles. The van der Waals surface area contributed by atoms with Crippen molar-refractivity contribution in [2.24, 2.45) is 5.41 Å². The summed E-state index contributed by atoms with van der Waals surface area (Å²) in [5.41, 5.74) is 0.198. The minimum Gasteiger partial charge on any atom is -0.480 e. The molecule has 4 nitrogen and oxygen atoms in total. The molecule has 0 fully saturated rings. The molecule has 0 saturated heterocycles. The molecule has 0 spiro atoms.